The second kappa shape index (κ2) is 6.95. The maximum atomic E-state index is 10.4. The van der Waals surface area contributed by atoms with Gasteiger partial charge in [0.1, 0.15) is 0 Å². The van der Waals surface area contributed by atoms with Gasteiger partial charge in [-0.2, -0.15) is 10.2 Å². The van der Waals surface area contributed by atoms with Crippen molar-refractivity contribution in [1.29, 1.82) is 5.26 Å². The first kappa shape index (κ1) is 16.2. The Morgan fingerprint density at radius 2 is 1.88 bits per heavy atom. The number of hydrogen-bond acceptors (Lipinski definition) is 6. The summed E-state index contributed by atoms with van der Waals surface area (Å²) in [6.07, 6.45) is 3.80. The summed E-state index contributed by atoms with van der Waals surface area (Å²) in [6.45, 7) is 2.45. The molecule has 25 heavy (non-hydrogen) atoms. The third-order valence-corrected chi connectivity index (χ3v) is 5.19. The van der Waals surface area contributed by atoms with E-state index in [-0.39, 0.29) is 0 Å². The highest BCUT2D eigenvalue weighted by Gasteiger charge is 2.32. The summed E-state index contributed by atoms with van der Waals surface area (Å²) in [7, 11) is 0. The summed E-state index contributed by atoms with van der Waals surface area (Å²) in [6, 6.07) is 9.25. The Morgan fingerprint density at radius 3 is 2.52 bits per heavy atom. The summed E-state index contributed by atoms with van der Waals surface area (Å²) in [4.78, 5) is 6.85. The molecule has 2 fully saturated rings. The van der Waals surface area contributed by atoms with Crippen molar-refractivity contribution in [1.82, 2.24) is 15.0 Å². The first-order valence-corrected chi connectivity index (χ1v) is 8.97. The molecule has 0 bridgehead atoms. The maximum absolute atomic E-state index is 10.4. The van der Waals surface area contributed by atoms with Gasteiger partial charge in [0.2, 0.25) is 5.89 Å². The van der Waals surface area contributed by atoms with Gasteiger partial charge < -0.3 is 14.5 Å². The Bertz CT molecular complexity index is 752. The number of rotatable bonds is 5. The summed E-state index contributed by atoms with van der Waals surface area (Å²) < 4.78 is 5.37. The van der Waals surface area contributed by atoms with Gasteiger partial charge in [-0.15, -0.1) is 0 Å². The van der Waals surface area contributed by atoms with Crippen LogP contribution in [0.1, 0.15) is 66.5 Å². The monoisotopic (exact) mass is 338 g/mol. The van der Waals surface area contributed by atoms with E-state index in [0.29, 0.717) is 23.9 Å². The quantitative estimate of drug-likeness (QED) is 0.902. The van der Waals surface area contributed by atoms with Crippen molar-refractivity contribution >= 4 is 0 Å². The number of benzene rings is 1. The first-order valence-electron chi connectivity index (χ1n) is 8.97. The van der Waals surface area contributed by atoms with Crippen LogP contribution in [-0.2, 0) is 0 Å². The lowest BCUT2D eigenvalue weighted by molar-refractivity contribution is 0.0963. The number of hydrogen-bond donors (Lipinski definition) is 1. The highest BCUT2D eigenvalue weighted by Crippen LogP contribution is 2.39. The standard InChI is InChI=1S/C19H22N4O2/c20-11-13-1-3-14(4-2-13)17(24)12-23-9-7-15(8-10-23)18-21-19(25-22-18)16-5-6-16/h1-4,15-17,24H,5-10,12H2. The van der Waals surface area contributed by atoms with Gasteiger partial charge in [0.15, 0.2) is 5.82 Å². The van der Waals surface area contributed by atoms with E-state index in [0.717, 1.165) is 43.2 Å². The maximum Gasteiger partial charge on any atom is 0.229 e. The molecule has 1 N–H and O–H groups in total. The summed E-state index contributed by atoms with van der Waals surface area (Å²) >= 11 is 0. The average Bonchev–Trinajstić information content (AvgIpc) is 3.39. The van der Waals surface area contributed by atoms with Crippen molar-refractivity contribution in [3.8, 4) is 6.07 Å². The molecule has 0 spiro atoms. The number of nitriles is 1. The lowest BCUT2D eigenvalue weighted by atomic mass is 9.95. The summed E-state index contributed by atoms with van der Waals surface area (Å²) in [5.74, 6) is 2.53. The molecule has 1 saturated carbocycles. The zero-order chi connectivity index (χ0) is 17.2. The summed E-state index contributed by atoms with van der Waals surface area (Å²) in [5, 5.41) is 23.4. The lowest BCUT2D eigenvalue weighted by Crippen LogP contribution is -2.36. The van der Waals surface area contributed by atoms with Crippen LogP contribution < -0.4 is 0 Å². The minimum Gasteiger partial charge on any atom is -0.387 e. The van der Waals surface area contributed by atoms with E-state index in [1.807, 2.05) is 12.1 Å². The van der Waals surface area contributed by atoms with Crippen molar-refractivity contribution in [2.75, 3.05) is 19.6 Å². The highest BCUT2D eigenvalue weighted by atomic mass is 16.5. The van der Waals surface area contributed by atoms with Crippen LogP contribution in [0.15, 0.2) is 28.8 Å². The van der Waals surface area contributed by atoms with E-state index in [2.05, 4.69) is 21.1 Å². The van der Waals surface area contributed by atoms with Crippen molar-refractivity contribution in [3.05, 3.63) is 47.1 Å². The molecule has 1 unspecified atom stereocenters. The lowest BCUT2D eigenvalue weighted by Gasteiger charge is -2.32. The fourth-order valence-corrected chi connectivity index (χ4v) is 3.41. The molecule has 6 heteroatoms. The summed E-state index contributed by atoms with van der Waals surface area (Å²) in [5.41, 5.74) is 1.47. The van der Waals surface area contributed by atoms with E-state index in [9.17, 15) is 5.11 Å². The van der Waals surface area contributed by atoms with Gasteiger partial charge in [-0.05, 0) is 56.5 Å². The molecule has 0 amide bonds. The van der Waals surface area contributed by atoms with E-state index in [1.54, 1.807) is 12.1 Å². The highest BCUT2D eigenvalue weighted by molar-refractivity contribution is 5.32. The topological polar surface area (TPSA) is 86.2 Å². The molecule has 6 nitrogen and oxygen atoms in total. The molecule has 0 radical (unpaired) electrons. The number of aromatic nitrogens is 2. The number of aliphatic hydroxyl groups is 1. The van der Waals surface area contributed by atoms with Crippen LogP contribution in [0.3, 0.4) is 0 Å². The van der Waals surface area contributed by atoms with Gasteiger partial charge in [0.25, 0.3) is 0 Å². The van der Waals surface area contributed by atoms with Crippen LogP contribution in [0.25, 0.3) is 0 Å². The van der Waals surface area contributed by atoms with Crippen LogP contribution in [0.5, 0.6) is 0 Å². The molecule has 1 aromatic heterocycles. The van der Waals surface area contributed by atoms with Crippen molar-refractivity contribution in [3.63, 3.8) is 0 Å². The zero-order valence-electron chi connectivity index (χ0n) is 14.1. The molecule has 2 heterocycles. The predicted octanol–water partition coefficient (Wildman–Crippen LogP) is 2.73. The number of nitrogens with zero attached hydrogens (tertiary/aromatic N) is 4. The van der Waals surface area contributed by atoms with E-state index in [1.165, 1.54) is 12.8 Å². The van der Waals surface area contributed by atoms with Crippen LogP contribution >= 0.6 is 0 Å². The Kier molecular flexibility index (Phi) is 4.51. The largest absolute Gasteiger partial charge is 0.387 e. The average molecular weight is 338 g/mol. The zero-order valence-corrected chi connectivity index (χ0v) is 14.1. The van der Waals surface area contributed by atoms with E-state index < -0.39 is 6.10 Å². The molecule has 1 atom stereocenters. The number of β-amino-alcohol motifs (C(OH)–C–C–N with tert-alkyl or cyclic N) is 1. The third kappa shape index (κ3) is 3.73. The molecule has 1 aromatic carbocycles. The van der Waals surface area contributed by atoms with Gasteiger partial charge in [0.05, 0.1) is 17.7 Å². The molecular formula is C19H22N4O2. The minimum absolute atomic E-state index is 0.361. The SMILES string of the molecule is N#Cc1ccc(C(O)CN2CCC(c3noc(C4CC4)n3)CC2)cc1. The Morgan fingerprint density at radius 1 is 1.16 bits per heavy atom. The fraction of sp³-hybridized carbons (Fsp3) is 0.526. The normalized spacial score (nSPS) is 20.3. The molecule has 130 valence electrons. The van der Waals surface area contributed by atoms with Crippen molar-refractivity contribution in [2.45, 2.75) is 43.6 Å². The molecular weight excluding hydrogens is 316 g/mol. The van der Waals surface area contributed by atoms with Gasteiger partial charge in [-0.3, -0.25) is 0 Å². The number of piperidine rings is 1. The fourth-order valence-electron chi connectivity index (χ4n) is 3.41. The van der Waals surface area contributed by atoms with E-state index >= 15 is 0 Å². The molecule has 2 aromatic rings. The van der Waals surface area contributed by atoms with Crippen LogP contribution in [-0.4, -0.2) is 39.8 Å². The second-order valence-corrected chi connectivity index (χ2v) is 7.09. The van der Waals surface area contributed by atoms with Crippen LogP contribution in [0.4, 0.5) is 0 Å². The van der Waals surface area contributed by atoms with Crippen molar-refractivity contribution in [2.24, 2.45) is 0 Å². The van der Waals surface area contributed by atoms with Gasteiger partial charge in [-0.25, -0.2) is 0 Å². The second-order valence-electron chi connectivity index (χ2n) is 7.09. The van der Waals surface area contributed by atoms with Gasteiger partial charge >= 0.3 is 0 Å². The first-order chi connectivity index (χ1) is 12.2. The predicted molar refractivity (Wildman–Crippen MR) is 90.8 cm³/mol. The Labute approximate surface area is 147 Å². The van der Waals surface area contributed by atoms with E-state index in [4.69, 9.17) is 9.78 Å². The number of likely N-dealkylation sites (tertiary alicyclic amines) is 1. The Balaban J connectivity index is 1.29. The molecule has 1 saturated heterocycles. The number of aliphatic hydroxyl groups excluding tert-OH is 1. The van der Waals surface area contributed by atoms with Gasteiger partial charge in [-0.1, -0.05) is 17.3 Å². The molecule has 1 aliphatic heterocycles. The third-order valence-electron chi connectivity index (χ3n) is 5.19. The molecule has 2 aliphatic rings. The Hall–Kier alpha value is -2.23. The van der Waals surface area contributed by atoms with Crippen molar-refractivity contribution < 1.29 is 9.63 Å². The molecule has 1 aliphatic carbocycles. The minimum atomic E-state index is -0.532. The molecule has 4 rings (SSSR count). The smallest absolute Gasteiger partial charge is 0.229 e. The van der Waals surface area contributed by atoms with Gasteiger partial charge in [0, 0.05) is 18.4 Å². The van der Waals surface area contributed by atoms with Crippen LogP contribution in [0.2, 0.25) is 0 Å². The van der Waals surface area contributed by atoms with Crippen LogP contribution in [0, 0.1) is 11.3 Å².